The Kier molecular flexibility index (Phi) is 5.20. The van der Waals surface area contributed by atoms with Crippen LogP contribution in [-0.4, -0.2) is 30.1 Å². The van der Waals surface area contributed by atoms with Crippen molar-refractivity contribution in [1.82, 2.24) is 10.3 Å². The van der Waals surface area contributed by atoms with Crippen molar-refractivity contribution in [2.75, 3.05) is 18.0 Å². The first-order valence-corrected chi connectivity index (χ1v) is 9.14. The number of aromatic nitrogens is 1. The number of halogens is 1. The quantitative estimate of drug-likeness (QED) is 0.674. The molecular formula is C22H18FN3O3. The van der Waals surface area contributed by atoms with Gasteiger partial charge in [0.25, 0.3) is 0 Å². The van der Waals surface area contributed by atoms with Crippen LogP contribution in [0.2, 0.25) is 0 Å². The number of ether oxygens (including phenoxy) is 1. The van der Waals surface area contributed by atoms with Gasteiger partial charge in [-0.15, -0.1) is 0 Å². The van der Waals surface area contributed by atoms with E-state index in [4.69, 9.17) is 4.74 Å². The molecular weight excluding hydrogens is 373 g/mol. The minimum atomic E-state index is -0.844. The Labute approximate surface area is 166 Å². The summed E-state index contributed by atoms with van der Waals surface area (Å²) in [4.78, 5) is 30.4. The largest absolute Gasteiger partial charge is 0.447 e. The lowest BCUT2D eigenvalue weighted by atomic mass is 10.1. The molecule has 0 bridgehead atoms. The van der Waals surface area contributed by atoms with E-state index < -0.39 is 17.9 Å². The monoisotopic (exact) mass is 391 g/mol. The summed E-state index contributed by atoms with van der Waals surface area (Å²) < 4.78 is 19.4. The van der Waals surface area contributed by atoms with Crippen LogP contribution in [0.25, 0.3) is 0 Å². The number of anilines is 1. The molecule has 146 valence electrons. The van der Waals surface area contributed by atoms with E-state index in [2.05, 4.69) is 10.3 Å². The number of urea groups is 1. The lowest BCUT2D eigenvalue weighted by Crippen LogP contribution is -2.27. The second kappa shape index (κ2) is 8.10. The van der Waals surface area contributed by atoms with Gasteiger partial charge in [0.05, 0.1) is 11.3 Å². The highest BCUT2D eigenvalue weighted by atomic mass is 19.1. The van der Waals surface area contributed by atoms with Gasteiger partial charge < -0.3 is 10.1 Å². The van der Waals surface area contributed by atoms with Crippen molar-refractivity contribution in [3.63, 3.8) is 0 Å². The topological polar surface area (TPSA) is 71.5 Å². The van der Waals surface area contributed by atoms with Crippen molar-refractivity contribution in [1.29, 1.82) is 0 Å². The number of carbonyl (C=O) groups excluding carboxylic acids is 2. The number of nitrogens with one attached hydrogen (secondary N) is 1. The summed E-state index contributed by atoms with van der Waals surface area (Å²) in [5.74, 6) is -0.991. The summed E-state index contributed by atoms with van der Waals surface area (Å²) in [6.45, 7) is 1.16. The number of pyridine rings is 1. The van der Waals surface area contributed by atoms with Gasteiger partial charge in [0.2, 0.25) is 0 Å². The molecule has 0 radical (unpaired) electrons. The molecule has 1 unspecified atom stereocenters. The molecule has 0 spiro atoms. The SMILES string of the molecule is O=C(OC(c1cccc(F)c1)c1ccccn1)c1ccc(N2CCNC2=O)cc1. The maximum Gasteiger partial charge on any atom is 0.339 e. The van der Waals surface area contributed by atoms with Crippen LogP contribution in [0.1, 0.15) is 27.7 Å². The lowest BCUT2D eigenvalue weighted by molar-refractivity contribution is 0.0370. The van der Waals surface area contributed by atoms with E-state index in [1.54, 1.807) is 65.7 Å². The molecule has 2 heterocycles. The molecule has 1 fully saturated rings. The summed E-state index contributed by atoms with van der Waals surface area (Å²) in [6, 6.07) is 17.6. The zero-order valence-electron chi connectivity index (χ0n) is 15.4. The van der Waals surface area contributed by atoms with Gasteiger partial charge in [-0.05, 0) is 48.5 Å². The van der Waals surface area contributed by atoms with Gasteiger partial charge in [0.1, 0.15) is 5.82 Å². The molecule has 1 aliphatic rings. The molecule has 4 rings (SSSR count). The van der Waals surface area contributed by atoms with Crippen molar-refractivity contribution in [3.05, 3.63) is 95.6 Å². The third-order valence-corrected chi connectivity index (χ3v) is 4.60. The van der Waals surface area contributed by atoms with Crippen LogP contribution >= 0.6 is 0 Å². The zero-order chi connectivity index (χ0) is 20.2. The van der Waals surface area contributed by atoms with Gasteiger partial charge in [0.15, 0.2) is 6.10 Å². The molecule has 0 saturated carbocycles. The summed E-state index contributed by atoms with van der Waals surface area (Å²) >= 11 is 0. The van der Waals surface area contributed by atoms with Crippen LogP contribution in [0.3, 0.4) is 0 Å². The molecule has 6 nitrogen and oxygen atoms in total. The van der Waals surface area contributed by atoms with E-state index in [0.29, 0.717) is 35.6 Å². The van der Waals surface area contributed by atoms with Gasteiger partial charge in [-0.2, -0.15) is 0 Å². The summed E-state index contributed by atoms with van der Waals surface area (Å²) in [5, 5.41) is 2.73. The van der Waals surface area contributed by atoms with Crippen molar-refractivity contribution >= 4 is 17.7 Å². The summed E-state index contributed by atoms with van der Waals surface area (Å²) in [6.07, 6.45) is 0.745. The van der Waals surface area contributed by atoms with Crippen LogP contribution in [0, 0.1) is 5.82 Å². The fourth-order valence-electron chi connectivity index (χ4n) is 3.17. The summed E-state index contributed by atoms with van der Waals surface area (Å²) in [5.41, 5.74) is 2.01. The minimum Gasteiger partial charge on any atom is -0.447 e. The van der Waals surface area contributed by atoms with Gasteiger partial charge in [0, 0.05) is 30.5 Å². The Morgan fingerprint density at radius 1 is 1.10 bits per heavy atom. The second-order valence-electron chi connectivity index (χ2n) is 6.53. The average Bonchev–Trinajstić information content (AvgIpc) is 3.18. The highest BCUT2D eigenvalue weighted by molar-refractivity contribution is 5.95. The van der Waals surface area contributed by atoms with E-state index in [-0.39, 0.29) is 6.03 Å². The zero-order valence-corrected chi connectivity index (χ0v) is 15.4. The molecule has 29 heavy (non-hydrogen) atoms. The van der Waals surface area contributed by atoms with Crippen molar-refractivity contribution in [2.24, 2.45) is 0 Å². The predicted molar refractivity (Wildman–Crippen MR) is 105 cm³/mol. The number of carbonyl (C=O) groups is 2. The van der Waals surface area contributed by atoms with E-state index in [1.165, 1.54) is 12.1 Å². The van der Waals surface area contributed by atoms with Crippen LogP contribution in [0.4, 0.5) is 14.9 Å². The van der Waals surface area contributed by atoms with Crippen LogP contribution in [0.5, 0.6) is 0 Å². The number of hydrogen-bond acceptors (Lipinski definition) is 4. The first kappa shape index (κ1) is 18.6. The Hall–Kier alpha value is -3.74. The van der Waals surface area contributed by atoms with E-state index in [9.17, 15) is 14.0 Å². The number of esters is 1. The fourth-order valence-corrected chi connectivity index (χ4v) is 3.17. The maximum absolute atomic E-state index is 13.7. The molecule has 7 heteroatoms. The third-order valence-electron chi connectivity index (χ3n) is 4.60. The first-order chi connectivity index (χ1) is 14.1. The van der Waals surface area contributed by atoms with E-state index in [1.807, 2.05) is 0 Å². The Morgan fingerprint density at radius 2 is 1.93 bits per heavy atom. The molecule has 0 aliphatic carbocycles. The molecule has 1 atom stereocenters. The number of benzene rings is 2. The molecule has 1 N–H and O–H groups in total. The Morgan fingerprint density at radius 3 is 2.59 bits per heavy atom. The summed E-state index contributed by atoms with van der Waals surface area (Å²) in [7, 11) is 0. The number of rotatable bonds is 5. The lowest BCUT2D eigenvalue weighted by Gasteiger charge is -2.19. The molecule has 1 aromatic heterocycles. The number of amides is 2. The van der Waals surface area contributed by atoms with Gasteiger partial charge in [-0.1, -0.05) is 18.2 Å². The van der Waals surface area contributed by atoms with Crippen molar-refractivity contribution in [2.45, 2.75) is 6.10 Å². The normalized spacial score (nSPS) is 14.4. The highest BCUT2D eigenvalue weighted by Crippen LogP contribution is 2.27. The van der Waals surface area contributed by atoms with E-state index >= 15 is 0 Å². The van der Waals surface area contributed by atoms with Crippen LogP contribution in [-0.2, 0) is 4.74 Å². The van der Waals surface area contributed by atoms with Crippen molar-refractivity contribution in [3.8, 4) is 0 Å². The van der Waals surface area contributed by atoms with E-state index in [0.717, 1.165) is 0 Å². The average molecular weight is 391 g/mol. The number of nitrogens with zero attached hydrogens (tertiary/aromatic N) is 2. The second-order valence-corrected chi connectivity index (χ2v) is 6.53. The maximum atomic E-state index is 13.7. The third kappa shape index (κ3) is 4.08. The van der Waals surface area contributed by atoms with Gasteiger partial charge >= 0.3 is 12.0 Å². The van der Waals surface area contributed by atoms with Gasteiger partial charge in [-0.3, -0.25) is 9.88 Å². The minimum absolute atomic E-state index is 0.165. The van der Waals surface area contributed by atoms with Crippen LogP contribution < -0.4 is 10.2 Å². The molecule has 3 aromatic rings. The number of hydrogen-bond donors (Lipinski definition) is 1. The smallest absolute Gasteiger partial charge is 0.339 e. The standard InChI is InChI=1S/C22H18FN3O3/c23-17-5-3-4-16(14-17)20(19-6-1-2-11-24-19)29-21(27)15-7-9-18(10-8-15)26-13-12-25-22(26)28/h1-11,14,20H,12-13H2,(H,25,28). The highest BCUT2D eigenvalue weighted by Gasteiger charge is 2.23. The fraction of sp³-hybridized carbons (Fsp3) is 0.136. The molecule has 1 aliphatic heterocycles. The Balaban J connectivity index is 1.57. The molecule has 2 amide bonds. The first-order valence-electron chi connectivity index (χ1n) is 9.14. The molecule has 1 saturated heterocycles. The Bertz CT molecular complexity index is 1020. The van der Waals surface area contributed by atoms with Gasteiger partial charge in [-0.25, -0.2) is 14.0 Å². The molecule has 2 aromatic carbocycles. The predicted octanol–water partition coefficient (Wildman–Crippen LogP) is 3.70. The van der Waals surface area contributed by atoms with Crippen LogP contribution in [0.15, 0.2) is 72.9 Å². The van der Waals surface area contributed by atoms with Crippen molar-refractivity contribution < 1.29 is 18.7 Å².